The van der Waals surface area contributed by atoms with Gasteiger partial charge in [0.1, 0.15) is 11.5 Å². The van der Waals surface area contributed by atoms with Gasteiger partial charge in [0.15, 0.2) is 0 Å². The normalized spacial score (nSPS) is 14.8. The average Bonchev–Trinajstić information content (AvgIpc) is 3.22. The minimum absolute atomic E-state index is 0.00264. The summed E-state index contributed by atoms with van der Waals surface area (Å²) in [6.45, 7) is 3.65. The first-order valence-electron chi connectivity index (χ1n) is 18.2. The molecule has 3 aromatic carbocycles. The minimum atomic E-state index is -9.58. The molecule has 0 heterocycles. The van der Waals surface area contributed by atoms with E-state index >= 15 is 17.6 Å². The van der Waals surface area contributed by atoms with Gasteiger partial charge in [0.2, 0.25) is 0 Å². The topological polar surface area (TPSA) is 44.8 Å². The number of hydrogen-bond donors (Lipinski definition) is 0. The van der Waals surface area contributed by atoms with Gasteiger partial charge in [-0.15, -0.1) is 0 Å². The molecule has 3 aromatic rings. The summed E-state index contributed by atoms with van der Waals surface area (Å²) in [5.41, 5.74) is 0. The third-order valence-corrected chi connectivity index (χ3v) is 12.5. The first-order valence-corrected chi connectivity index (χ1v) is 19.8. The third-order valence-electron chi connectivity index (χ3n) is 9.28. The highest BCUT2D eigenvalue weighted by atomic mass is 32.3. The van der Waals surface area contributed by atoms with Crippen molar-refractivity contribution in [3.8, 4) is 11.5 Å². The van der Waals surface area contributed by atoms with Gasteiger partial charge in [0.05, 0.1) is 13.2 Å². The maximum Gasteiger partial charge on any atom is 0.460 e. The van der Waals surface area contributed by atoms with Crippen molar-refractivity contribution >= 4 is 16.3 Å². The van der Waals surface area contributed by atoms with E-state index in [1.54, 1.807) is 13.8 Å². The highest BCUT2D eigenvalue weighted by molar-refractivity contribution is 8.30. The number of carbonyl (C=O) groups excluding carboxylic acids is 1. The van der Waals surface area contributed by atoms with E-state index in [1.807, 2.05) is 0 Å². The van der Waals surface area contributed by atoms with E-state index in [0.717, 1.165) is 72.8 Å². The van der Waals surface area contributed by atoms with Crippen molar-refractivity contribution in [2.45, 2.75) is 120 Å². The SMILES string of the molecule is CCCCOc1ccc(S(OC(=O)C(F)(F)C(F)(F)C(F)(F)C(F)(F)C(F)(F)C(F)(F)C(F)(F)C(F)(F)C(F)(F)C(F)(F)C(F)(F)F)(c2ccccc2)c2ccc(OCCCC)cc2)cc1. The van der Waals surface area contributed by atoms with Crippen LogP contribution in [0.4, 0.5) is 101 Å². The zero-order valence-electron chi connectivity index (χ0n) is 33.0. The van der Waals surface area contributed by atoms with Gasteiger partial charge in [-0.2, -0.15) is 101 Å². The number of hydrogen-bond acceptors (Lipinski definition) is 4. The minimum Gasteiger partial charge on any atom is -0.494 e. The molecule has 0 amide bonds. The van der Waals surface area contributed by atoms with Gasteiger partial charge in [0, 0.05) is 14.7 Å². The molecular weight excluding hydrogens is 989 g/mol. The summed E-state index contributed by atoms with van der Waals surface area (Å²) >= 11 is 0. The van der Waals surface area contributed by atoms with E-state index in [1.165, 1.54) is 6.07 Å². The van der Waals surface area contributed by atoms with Crippen molar-refractivity contribution in [1.29, 1.82) is 0 Å². The zero-order valence-corrected chi connectivity index (χ0v) is 33.8. The van der Waals surface area contributed by atoms with E-state index in [2.05, 4.69) is 0 Å². The number of carbonyl (C=O) groups is 1. The van der Waals surface area contributed by atoms with Crippen molar-refractivity contribution in [1.82, 2.24) is 0 Å². The maximum atomic E-state index is 15.6. The van der Waals surface area contributed by atoms with E-state index in [4.69, 9.17) is 13.7 Å². The number of rotatable bonds is 22. The van der Waals surface area contributed by atoms with Crippen molar-refractivity contribution in [3.63, 3.8) is 0 Å². The van der Waals surface area contributed by atoms with Crippen LogP contribution >= 0.6 is 10.3 Å². The molecule has 4 nitrogen and oxygen atoms in total. The van der Waals surface area contributed by atoms with Crippen molar-refractivity contribution in [3.05, 3.63) is 78.9 Å². The highest BCUT2D eigenvalue weighted by Crippen LogP contribution is 2.71. The van der Waals surface area contributed by atoms with Gasteiger partial charge in [0.25, 0.3) is 0 Å². The van der Waals surface area contributed by atoms with Crippen molar-refractivity contribution in [2.24, 2.45) is 0 Å². The van der Waals surface area contributed by atoms with Crippen LogP contribution < -0.4 is 9.47 Å². The molecule has 0 aliphatic rings. The van der Waals surface area contributed by atoms with Crippen LogP contribution in [-0.2, 0) is 8.98 Å². The van der Waals surface area contributed by atoms with E-state index < -0.39 is 96.4 Å². The lowest BCUT2D eigenvalue weighted by atomic mass is 9.85. The summed E-state index contributed by atoms with van der Waals surface area (Å²) in [7, 11) is -4.53. The molecule has 28 heteroatoms. The van der Waals surface area contributed by atoms with E-state index in [-0.39, 0.29) is 24.7 Å². The van der Waals surface area contributed by atoms with Gasteiger partial charge in [-0.3, -0.25) is 0 Å². The van der Waals surface area contributed by atoms with Gasteiger partial charge >= 0.3 is 71.4 Å². The molecule has 0 N–H and O–H groups in total. The van der Waals surface area contributed by atoms with Crippen LogP contribution in [0.2, 0.25) is 0 Å². The number of halogens is 23. The van der Waals surface area contributed by atoms with Crippen LogP contribution in [0.3, 0.4) is 0 Å². The predicted molar refractivity (Wildman–Crippen MR) is 184 cm³/mol. The molecule has 0 aliphatic carbocycles. The Morgan fingerprint density at radius 1 is 0.409 bits per heavy atom. The van der Waals surface area contributed by atoms with Crippen LogP contribution in [-0.4, -0.2) is 84.6 Å². The summed E-state index contributed by atoms with van der Waals surface area (Å²) < 4.78 is 342. The van der Waals surface area contributed by atoms with Gasteiger partial charge in [-0.1, -0.05) is 44.9 Å². The molecule has 374 valence electrons. The molecule has 66 heavy (non-hydrogen) atoms. The Bertz CT molecular complexity index is 2040. The zero-order chi connectivity index (χ0) is 51.0. The third kappa shape index (κ3) is 8.75. The van der Waals surface area contributed by atoms with Gasteiger partial charge in [-0.25, -0.2) is 4.79 Å². The first-order chi connectivity index (χ1) is 29.8. The summed E-state index contributed by atoms with van der Waals surface area (Å²) in [4.78, 5) is 11.7. The molecule has 0 spiro atoms. The van der Waals surface area contributed by atoms with Gasteiger partial charge in [-0.05, 0) is 83.8 Å². The van der Waals surface area contributed by atoms with E-state index in [0.29, 0.717) is 25.7 Å². The molecule has 0 bridgehead atoms. The van der Waals surface area contributed by atoms with Crippen LogP contribution in [0.25, 0.3) is 0 Å². The summed E-state index contributed by atoms with van der Waals surface area (Å²) in [5, 5.41) is 0. The fourth-order valence-electron chi connectivity index (χ4n) is 5.34. The molecule has 0 aliphatic heterocycles. The molecule has 0 aromatic heterocycles. The lowest BCUT2D eigenvalue weighted by Crippen LogP contribution is -2.78. The van der Waals surface area contributed by atoms with Crippen molar-refractivity contribution < 1.29 is 119 Å². The Morgan fingerprint density at radius 2 is 0.697 bits per heavy atom. The average molecular weight is 1020 g/mol. The Morgan fingerprint density at radius 3 is 1.00 bits per heavy atom. The largest absolute Gasteiger partial charge is 0.494 e. The first kappa shape index (κ1) is 55.8. The lowest BCUT2D eigenvalue weighted by molar-refractivity contribution is -0.477. The maximum absolute atomic E-state index is 15.6. The fraction of sp³-hybridized carbons (Fsp3) is 0.500. The van der Waals surface area contributed by atoms with Crippen LogP contribution in [0.1, 0.15) is 39.5 Å². The van der Waals surface area contributed by atoms with Crippen LogP contribution in [0.5, 0.6) is 11.5 Å². The summed E-state index contributed by atoms with van der Waals surface area (Å²) in [6.07, 6.45) is -6.04. The number of unbranched alkanes of at least 4 members (excludes halogenated alkanes) is 2. The monoisotopic (exact) mass is 1020 g/mol. The second-order valence-electron chi connectivity index (χ2n) is 13.8. The number of alkyl halides is 23. The fourth-order valence-corrected chi connectivity index (χ4v) is 8.35. The smallest absolute Gasteiger partial charge is 0.460 e. The van der Waals surface area contributed by atoms with E-state index in [9.17, 15) is 88.2 Å². The standard InChI is InChI=1S/C38H31F23O4S/c1-3-5-20-63-22-12-16-25(17-13-22)66(24-10-8-7-9-11-24,26-18-14-23(15-19-26)64-21-6-4-2)65-27(62)28(39,40)29(41,42)30(43,44)31(45,46)32(47,48)33(49,50)34(51,52)35(53,54)36(55,56)37(57,58)38(59,60)61/h7-19H,3-6,20-21H2,1-2H3. The van der Waals surface area contributed by atoms with Crippen molar-refractivity contribution in [2.75, 3.05) is 13.2 Å². The quantitative estimate of drug-likeness (QED) is 0.0743. The molecular formula is C38H31F23O4S. The highest BCUT2D eigenvalue weighted by Gasteiger charge is 2.99. The Hall–Kier alpha value is -4.53. The molecule has 0 saturated heterocycles. The molecule has 0 radical (unpaired) electrons. The lowest BCUT2D eigenvalue weighted by Gasteiger charge is -2.45. The number of ether oxygens (including phenoxy) is 2. The summed E-state index contributed by atoms with van der Waals surface area (Å²) in [5.74, 6) is -94.8. The Labute approximate surface area is 358 Å². The second kappa shape index (κ2) is 18.5. The molecule has 0 fully saturated rings. The van der Waals surface area contributed by atoms with Gasteiger partial charge < -0.3 is 13.7 Å². The molecule has 0 unspecified atom stereocenters. The Balaban J connectivity index is 2.27. The van der Waals surface area contributed by atoms with Crippen LogP contribution in [0, 0.1) is 0 Å². The number of benzene rings is 3. The molecule has 3 rings (SSSR count). The molecule has 0 saturated carbocycles. The van der Waals surface area contributed by atoms with Crippen LogP contribution in [0.15, 0.2) is 93.5 Å². The molecule has 0 atom stereocenters. The second-order valence-corrected chi connectivity index (χ2v) is 16.5. The Kier molecular flexibility index (Phi) is 15.7. The predicted octanol–water partition coefficient (Wildman–Crippen LogP) is 14.7. The summed E-state index contributed by atoms with van der Waals surface area (Å²) in [6, 6.07) is 13.2.